The number of nitrogens with one attached hydrogen (secondary N) is 2. The number of anilines is 1. The lowest BCUT2D eigenvalue weighted by Crippen LogP contribution is -2.36. The van der Waals surface area contributed by atoms with Crippen molar-refractivity contribution in [2.75, 3.05) is 11.9 Å². The summed E-state index contributed by atoms with van der Waals surface area (Å²) in [5, 5.41) is 14.5. The Morgan fingerprint density at radius 3 is 2.46 bits per heavy atom. The standard InChI is InChI=1S/C19H23N3O4/c1-3-15(12-23)21-19(26)14-4-6-16(7-5-14)20-17(24)11-22-9-8-13(2)10-18(22)25/h4-10,15,23H,3,11-12H2,1-2H3,(H,20,24)(H,21,26). The predicted molar refractivity (Wildman–Crippen MR) is 99.1 cm³/mol. The van der Waals surface area contributed by atoms with Gasteiger partial charge in [-0.15, -0.1) is 0 Å². The second-order valence-corrected chi connectivity index (χ2v) is 6.06. The molecule has 0 spiro atoms. The molecule has 1 aromatic carbocycles. The molecule has 0 fully saturated rings. The fourth-order valence-corrected chi connectivity index (χ4v) is 2.34. The molecule has 0 aliphatic heterocycles. The molecule has 1 heterocycles. The summed E-state index contributed by atoms with van der Waals surface area (Å²) in [6.45, 7) is 3.48. The lowest BCUT2D eigenvalue weighted by Gasteiger charge is -2.14. The number of nitrogens with zero attached hydrogens (tertiary/aromatic N) is 1. The van der Waals surface area contributed by atoms with Gasteiger partial charge in [0.15, 0.2) is 0 Å². The topological polar surface area (TPSA) is 100 Å². The largest absolute Gasteiger partial charge is 0.394 e. The smallest absolute Gasteiger partial charge is 0.251 e. The minimum absolute atomic E-state index is 0.0873. The van der Waals surface area contributed by atoms with Gasteiger partial charge in [-0.2, -0.15) is 0 Å². The van der Waals surface area contributed by atoms with Crippen LogP contribution in [0.15, 0.2) is 47.4 Å². The zero-order chi connectivity index (χ0) is 19.1. The van der Waals surface area contributed by atoms with E-state index in [0.29, 0.717) is 17.7 Å². The van der Waals surface area contributed by atoms with E-state index in [4.69, 9.17) is 5.11 Å². The highest BCUT2D eigenvalue weighted by atomic mass is 16.3. The summed E-state index contributed by atoms with van der Waals surface area (Å²) < 4.78 is 1.32. The van der Waals surface area contributed by atoms with Crippen LogP contribution in [0.5, 0.6) is 0 Å². The predicted octanol–water partition coefficient (Wildman–Crippen LogP) is 1.30. The van der Waals surface area contributed by atoms with Crippen molar-refractivity contribution in [1.29, 1.82) is 0 Å². The first kappa shape index (κ1) is 19.4. The van der Waals surface area contributed by atoms with Crippen LogP contribution in [0.3, 0.4) is 0 Å². The van der Waals surface area contributed by atoms with Crippen LogP contribution in [0, 0.1) is 6.92 Å². The third kappa shape index (κ3) is 5.29. The number of carbonyl (C=O) groups excluding carboxylic acids is 2. The van der Waals surface area contributed by atoms with Crippen molar-refractivity contribution in [2.24, 2.45) is 0 Å². The molecular weight excluding hydrogens is 334 g/mol. The molecule has 0 saturated heterocycles. The lowest BCUT2D eigenvalue weighted by molar-refractivity contribution is -0.116. The number of benzene rings is 1. The fraction of sp³-hybridized carbons (Fsp3) is 0.316. The van der Waals surface area contributed by atoms with Gasteiger partial charge in [-0.25, -0.2) is 0 Å². The number of aliphatic hydroxyl groups excluding tert-OH is 1. The third-order valence-electron chi connectivity index (χ3n) is 3.94. The van der Waals surface area contributed by atoms with Crippen molar-refractivity contribution in [2.45, 2.75) is 32.9 Å². The maximum absolute atomic E-state index is 12.1. The number of aliphatic hydroxyl groups is 1. The van der Waals surface area contributed by atoms with E-state index in [2.05, 4.69) is 10.6 Å². The highest BCUT2D eigenvalue weighted by Crippen LogP contribution is 2.10. The van der Waals surface area contributed by atoms with Crippen molar-refractivity contribution in [1.82, 2.24) is 9.88 Å². The molecule has 26 heavy (non-hydrogen) atoms. The van der Waals surface area contributed by atoms with E-state index in [0.717, 1.165) is 5.56 Å². The van der Waals surface area contributed by atoms with Crippen LogP contribution in [-0.2, 0) is 11.3 Å². The minimum Gasteiger partial charge on any atom is -0.394 e. The van der Waals surface area contributed by atoms with Gasteiger partial charge in [-0.3, -0.25) is 14.4 Å². The summed E-state index contributed by atoms with van der Waals surface area (Å²) in [6, 6.07) is 9.36. The molecular formula is C19H23N3O4. The molecule has 0 saturated carbocycles. The van der Waals surface area contributed by atoms with E-state index >= 15 is 0 Å². The van der Waals surface area contributed by atoms with Crippen molar-refractivity contribution in [3.05, 3.63) is 64.1 Å². The highest BCUT2D eigenvalue weighted by molar-refractivity contribution is 5.95. The van der Waals surface area contributed by atoms with E-state index in [-0.39, 0.29) is 36.6 Å². The number of aryl methyl sites for hydroxylation is 1. The van der Waals surface area contributed by atoms with E-state index in [1.54, 1.807) is 36.5 Å². The van der Waals surface area contributed by atoms with Crippen LogP contribution in [0.1, 0.15) is 29.3 Å². The summed E-state index contributed by atoms with van der Waals surface area (Å²) >= 11 is 0. The molecule has 1 unspecified atom stereocenters. The Kier molecular flexibility index (Phi) is 6.68. The first-order valence-electron chi connectivity index (χ1n) is 8.41. The molecule has 2 rings (SSSR count). The Balaban J connectivity index is 1.97. The summed E-state index contributed by atoms with van der Waals surface area (Å²) in [4.78, 5) is 36.0. The normalized spacial score (nSPS) is 11.7. The Morgan fingerprint density at radius 1 is 1.19 bits per heavy atom. The van der Waals surface area contributed by atoms with Gasteiger partial charge in [0.05, 0.1) is 12.6 Å². The van der Waals surface area contributed by atoms with Crippen LogP contribution < -0.4 is 16.2 Å². The lowest BCUT2D eigenvalue weighted by atomic mass is 10.1. The molecule has 0 aliphatic rings. The van der Waals surface area contributed by atoms with Crippen molar-refractivity contribution >= 4 is 17.5 Å². The van der Waals surface area contributed by atoms with Crippen LogP contribution in [0.4, 0.5) is 5.69 Å². The summed E-state index contributed by atoms with van der Waals surface area (Å²) in [5.41, 5.74) is 1.57. The van der Waals surface area contributed by atoms with Gasteiger partial charge in [0, 0.05) is 23.5 Å². The monoisotopic (exact) mass is 357 g/mol. The number of aromatic nitrogens is 1. The van der Waals surface area contributed by atoms with E-state index in [1.807, 2.05) is 13.8 Å². The highest BCUT2D eigenvalue weighted by Gasteiger charge is 2.11. The average Bonchev–Trinajstić information content (AvgIpc) is 2.62. The van der Waals surface area contributed by atoms with Crippen LogP contribution in [0.2, 0.25) is 0 Å². The van der Waals surface area contributed by atoms with Gasteiger partial charge in [0.2, 0.25) is 5.91 Å². The Labute approximate surface area is 151 Å². The van der Waals surface area contributed by atoms with Gasteiger partial charge < -0.3 is 20.3 Å². The zero-order valence-corrected chi connectivity index (χ0v) is 14.9. The quantitative estimate of drug-likeness (QED) is 0.695. The van der Waals surface area contributed by atoms with E-state index in [9.17, 15) is 14.4 Å². The number of pyridine rings is 1. The van der Waals surface area contributed by atoms with Gasteiger partial charge in [-0.1, -0.05) is 6.92 Å². The molecule has 7 heteroatoms. The molecule has 0 radical (unpaired) electrons. The second kappa shape index (κ2) is 8.96. The van der Waals surface area contributed by atoms with E-state index in [1.165, 1.54) is 10.6 Å². The molecule has 138 valence electrons. The Morgan fingerprint density at radius 2 is 1.88 bits per heavy atom. The third-order valence-corrected chi connectivity index (χ3v) is 3.94. The zero-order valence-electron chi connectivity index (χ0n) is 14.9. The first-order chi connectivity index (χ1) is 12.4. The van der Waals surface area contributed by atoms with Crippen LogP contribution >= 0.6 is 0 Å². The summed E-state index contributed by atoms with van der Waals surface area (Å²) in [5.74, 6) is -0.616. The SMILES string of the molecule is CCC(CO)NC(=O)c1ccc(NC(=O)Cn2ccc(C)cc2=O)cc1. The number of rotatable bonds is 7. The van der Waals surface area contributed by atoms with E-state index < -0.39 is 0 Å². The minimum atomic E-state index is -0.334. The molecule has 7 nitrogen and oxygen atoms in total. The number of hydrogen-bond donors (Lipinski definition) is 3. The Hall–Kier alpha value is -2.93. The van der Waals surface area contributed by atoms with Gasteiger partial charge >= 0.3 is 0 Å². The average molecular weight is 357 g/mol. The molecule has 0 bridgehead atoms. The number of amides is 2. The van der Waals surface area contributed by atoms with Gasteiger partial charge in [0.1, 0.15) is 6.54 Å². The molecule has 0 aliphatic carbocycles. The molecule has 2 aromatic rings. The summed E-state index contributed by atoms with van der Waals surface area (Å²) in [6.07, 6.45) is 2.21. The molecule has 2 amide bonds. The van der Waals surface area contributed by atoms with Crippen molar-refractivity contribution in [3.63, 3.8) is 0 Å². The number of carbonyl (C=O) groups is 2. The van der Waals surface area contributed by atoms with Gasteiger partial charge in [-0.05, 0) is 49.2 Å². The molecule has 3 N–H and O–H groups in total. The molecule has 1 aromatic heterocycles. The Bertz CT molecular complexity index is 823. The van der Waals surface area contributed by atoms with Gasteiger partial charge in [0.25, 0.3) is 11.5 Å². The van der Waals surface area contributed by atoms with Crippen LogP contribution in [-0.4, -0.2) is 34.1 Å². The second-order valence-electron chi connectivity index (χ2n) is 6.06. The molecule has 1 atom stereocenters. The fourth-order valence-electron chi connectivity index (χ4n) is 2.34. The summed E-state index contributed by atoms with van der Waals surface area (Å²) in [7, 11) is 0. The number of hydrogen-bond acceptors (Lipinski definition) is 4. The van der Waals surface area contributed by atoms with Crippen molar-refractivity contribution < 1.29 is 14.7 Å². The van der Waals surface area contributed by atoms with Crippen LogP contribution in [0.25, 0.3) is 0 Å². The maximum Gasteiger partial charge on any atom is 0.251 e. The van der Waals surface area contributed by atoms with Crippen molar-refractivity contribution in [3.8, 4) is 0 Å². The maximum atomic E-state index is 12.1. The first-order valence-corrected chi connectivity index (χ1v) is 8.41.